The van der Waals surface area contributed by atoms with Gasteiger partial charge in [-0.05, 0) is 26.2 Å². The molecule has 1 aliphatic rings. The van der Waals surface area contributed by atoms with Gasteiger partial charge in [-0.3, -0.25) is 0 Å². The maximum Gasteiger partial charge on any atom is 0.116 e. The Morgan fingerprint density at radius 3 is 3.00 bits per heavy atom. The number of nitrogens with one attached hydrogen (secondary N) is 2. The van der Waals surface area contributed by atoms with Crippen LogP contribution in [0.25, 0.3) is 11.0 Å². The second-order valence-corrected chi connectivity index (χ2v) is 4.83. The number of hydrogen-bond donors (Lipinski definition) is 2. The van der Waals surface area contributed by atoms with E-state index >= 15 is 0 Å². The van der Waals surface area contributed by atoms with Gasteiger partial charge in [0.1, 0.15) is 6.33 Å². The maximum atomic E-state index is 4.42. The van der Waals surface area contributed by atoms with E-state index in [-0.39, 0.29) is 0 Å². The molecule has 0 radical (unpaired) electrons. The normalized spacial score (nSPS) is 24.6. The number of H-pyrrole nitrogens is 1. The van der Waals surface area contributed by atoms with Crippen LogP contribution in [0.2, 0.25) is 0 Å². The summed E-state index contributed by atoms with van der Waals surface area (Å²) in [5.41, 5.74) is 4.46. The quantitative estimate of drug-likeness (QED) is 0.833. The molecule has 0 aromatic carbocycles. The molecule has 3 rings (SSSR count). The van der Waals surface area contributed by atoms with Gasteiger partial charge in [-0.2, -0.15) is 0 Å². The largest absolute Gasteiger partial charge is 0.358 e. The van der Waals surface area contributed by atoms with E-state index in [0.29, 0.717) is 12.1 Å². The van der Waals surface area contributed by atoms with Crippen LogP contribution in [-0.4, -0.2) is 21.0 Å². The van der Waals surface area contributed by atoms with Gasteiger partial charge in [-0.1, -0.05) is 6.92 Å². The molecule has 4 nitrogen and oxygen atoms in total. The molecular weight excluding hydrogens is 212 g/mol. The molecule has 0 bridgehead atoms. The third-order valence-corrected chi connectivity index (χ3v) is 3.79. The number of nitrogens with zero attached hydrogens (tertiary/aromatic N) is 2. The number of aromatic nitrogens is 3. The van der Waals surface area contributed by atoms with Gasteiger partial charge in [-0.15, -0.1) is 0 Å². The van der Waals surface area contributed by atoms with Gasteiger partial charge in [-0.25, -0.2) is 9.97 Å². The molecule has 0 aliphatic carbocycles. The number of aryl methyl sites for hydroxylation is 1. The standard InChI is InChI=1S/C13H18N4/c1-3-9-4-5-11(17-9)10-6-14-12-8(2)15-7-16-13(10)12/h6-7,9,11,14,17H,3-5H2,1-2H3/t9-,11-/m1/s1. The highest BCUT2D eigenvalue weighted by atomic mass is 15.0. The third kappa shape index (κ3) is 1.72. The Balaban J connectivity index is 1.99. The van der Waals surface area contributed by atoms with Crippen molar-refractivity contribution in [2.45, 2.75) is 45.2 Å². The lowest BCUT2D eigenvalue weighted by Crippen LogP contribution is -2.23. The van der Waals surface area contributed by atoms with E-state index in [9.17, 15) is 0 Å². The zero-order chi connectivity index (χ0) is 11.8. The molecule has 90 valence electrons. The smallest absolute Gasteiger partial charge is 0.116 e. The second kappa shape index (κ2) is 4.11. The van der Waals surface area contributed by atoms with Crippen molar-refractivity contribution >= 4 is 11.0 Å². The Morgan fingerprint density at radius 2 is 2.24 bits per heavy atom. The Morgan fingerprint density at radius 1 is 1.35 bits per heavy atom. The van der Waals surface area contributed by atoms with Gasteiger partial charge >= 0.3 is 0 Å². The summed E-state index contributed by atoms with van der Waals surface area (Å²) in [4.78, 5) is 11.9. The SMILES string of the molecule is CC[C@@H]1CC[C@H](c2c[nH]c3c(C)ncnc23)N1. The summed E-state index contributed by atoms with van der Waals surface area (Å²) in [6.45, 7) is 4.25. The molecule has 2 N–H and O–H groups in total. The molecular formula is C13H18N4. The summed E-state index contributed by atoms with van der Waals surface area (Å²) < 4.78 is 0. The summed E-state index contributed by atoms with van der Waals surface area (Å²) in [7, 11) is 0. The van der Waals surface area contributed by atoms with E-state index in [0.717, 1.165) is 16.7 Å². The van der Waals surface area contributed by atoms with Gasteiger partial charge in [0.05, 0.1) is 16.7 Å². The highest BCUT2D eigenvalue weighted by Gasteiger charge is 2.26. The highest BCUT2D eigenvalue weighted by Crippen LogP contribution is 2.31. The minimum atomic E-state index is 0.447. The van der Waals surface area contributed by atoms with Crippen molar-refractivity contribution in [2.24, 2.45) is 0 Å². The molecule has 1 saturated heterocycles. The van der Waals surface area contributed by atoms with Crippen molar-refractivity contribution in [3.05, 3.63) is 23.8 Å². The molecule has 0 spiro atoms. The van der Waals surface area contributed by atoms with Gasteiger partial charge in [0.15, 0.2) is 0 Å². The van der Waals surface area contributed by atoms with Gasteiger partial charge in [0, 0.05) is 23.8 Å². The van der Waals surface area contributed by atoms with E-state index < -0.39 is 0 Å². The van der Waals surface area contributed by atoms with Crippen LogP contribution in [0.15, 0.2) is 12.5 Å². The van der Waals surface area contributed by atoms with Crippen LogP contribution in [-0.2, 0) is 0 Å². The molecule has 1 aliphatic heterocycles. The fraction of sp³-hybridized carbons (Fsp3) is 0.538. The molecule has 2 aromatic heterocycles. The first-order valence-corrected chi connectivity index (χ1v) is 6.34. The first kappa shape index (κ1) is 10.7. The van der Waals surface area contributed by atoms with E-state index in [1.807, 2.05) is 6.92 Å². The molecule has 4 heteroatoms. The molecule has 3 heterocycles. The van der Waals surface area contributed by atoms with Crippen LogP contribution < -0.4 is 5.32 Å². The lowest BCUT2D eigenvalue weighted by molar-refractivity contribution is 0.541. The van der Waals surface area contributed by atoms with Crippen molar-refractivity contribution in [3.8, 4) is 0 Å². The highest BCUT2D eigenvalue weighted by molar-refractivity contribution is 5.81. The summed E-state index contributed by atoms with van der Waals surface area (Å²) in [6.07, 6.45) is 7.41. The summed E-state index contributed by atoms with van der Waals surface area (Å²) in [6, 6.07) is 1.11. The van der Waals surface area contributed by atoms with E-state index in [1.165, 1.54) is 24.8 Å². The van der Waals surface area contributed by atoms with Crippen LogP contribution in [0.5, 0.6) is 0 Å². The van der Waals surface area contributed by atoms with E-state index in [2.05, 4.69) is 33.4 Å². The Hall–Kier alpha value is -1.42. The fourth-order valence-electron chi connectivity index (χ4n) is 2.74. The van der Waals surface area contributed by atoms with Gasteiger partial charge in [0.2, 0.25) is 0 Å². The molecule has 2 atom stereocenters. The van der Waals surface area contributed by atoms with Gasteiger partial charge < -0.3 is 10.3 Å². The molecule has 1 fully saturated rings. The lowest BCUT2D eigenvalue weighted by atomic mass is 10.1. The van der Waals surface area contributed by atoms with Crippen molar-refractivity contribution in [1.29, 1.82) is 0 Å². The van der Waals surface area contributed by atoms with E-state index in [4.69, 9.17) is 0 Å². The predicted octanol–water partition coefficient (Wildman–Crippen LogP) is 2.47. The second-order valence-electron chi connectivity index (χ2n) is 4.83. The van der Waals surface area contributed by atoms with Crippen molar-refractivity contribution in [2.75, 3.05) is 0 Å². The van der Waals surface area contributed by atoms with Crippen LogP contribution in [0.1, 0.15) is 43.5 Å². The average Bonchev–Trinajstić information content (AvgIpc) is 2.94. The minimum Gasteiger partial charge on any atom is -0.358 e. The third-order valence-electron chi connectivity index (χ3n) is 3.79. The Bertz CT molecular complexity index is 531. The topological polar surface area (TPSA) is 53.6 Å². The maximum absolute atomic E-state index is 4.42. The van der Waals surface area contributed by atoms with Gasteiger partial charge in [0.25, 0.3) is 0 Å². The van der Waals surface area contributed by atoms with Crippen LogP contribution in [0, 0.1) is 6.92 Å². The number of hydrogen-bond acceptors (Lipinski definition) is 3. The van der Waals surface area contributed by atoms with E-state index in [1.54, 1.807) is 6.33 Å². The zero-order valence-corrected chi connectivity index (χ0v) is 10.3. The van der Waals surface area contributed by atoms with Crippen molar-refractivity contribution in [1.82, 2.24) is 20.3 Å². The first-order chi connectivity index (χ1) is 8.29. The molecule has 0 saturated carbocycles. The summed E-state index contributed by atoms with van der Waals surface area (Å²) in [5, 5.41) is 3.67. The number of aromatic amines is 1. The van der Waals surface area contributed by atoms with Crippen LogP contribution in [0.4, 0.5) is 0 Å². The summed E-state index contributed by atoms with van der Waals surface area (Å²) in [5.74, 6) is 0. The monoisotopic (exact) mass is 230 g/mol. The zero-order valence-electron chi connectivity index (χ0n) is 10.3. The minimum absolute atomic E-state index is 0.447. The Kier molecular flexibility index (Phi) is 2.59. The molecule has 0 amide bonds. The molecule has 2 aromatic rings. The first-order valence-electron chi connectivity index (χ1n) is 6.34. The predicted molar refractivity (Wildman–Crippen MR) is 67.8 cm³/mol. The van der Waals surface area contributed by atoms with Crippen LogP contribution in [0.3, 0.4) is 0 Å². The molecule has 0 unspecified atom stereocenters. The van der Waals surface area contributed by atoms with Crippen molar-refractivity contribution < 1.29 is 0 Å². The fourth-order valence-corrected chi connectivity index (χ4v) is 2.74. The van der Waals surface area contributed by atoms with Crippen molar-refractivity contribution in [3.63, 3.8) is 0 Å². The summed E-state index contributed by atoms with van der Waals surface area (Å²) >= 11 is 0. The Labute approximate surface area is 101 Å². The lowest BCUT2D eigenvalue weighted by Gasteiger charge is -2.11. The average molecular weight is 230 g/mol. The van der Waals surface area contributed by atoms with Crippen LogP contribution >= 0.6 is 0 Å². The number of fused-ring (bicyclic) bond motifs is 1. The molecule has 17 heavy (non-hydrogen) atoms. The number of rotatable bonds is 2.